The Morgan fingerprint density at radius 2 is 2.17 bits per heavy atom. The van der Waals surface area contributed by atoms with Gasteiger partial charge in [-0.25, -0.2) is 0 Å². The predicted molar refractivity (Wildman–Crippen MR) is 72.0 cm³/mol. The van der Waals surface area contributed by atoms with Crippen LogP contribution in [0.15, 0.2) is 18.2 Å². The molecule has 1 N–H and O–H groups in total. The molecule has 3 atom stereocenters. The Kier molecular flexibility index (Phi) is 2.86. The Morgan fingerprint density at radius 3 is 2.94 bits per heavy atom. The van der Waals surface area contributed by atoms with E-state index in [2.05, 4.69) is 25.1 Å². The number of aliphatic hydroxyl groups is 1. The van der Waals surface area contributed by atoms with E-state index in [-0.39, 0.29) is 11.5 Å². The Morgan fingerprint density at radius 1 is 1.33 bits per heavy atom. The van der Waals surface area contributed by atoms with Crippen LogP contribution in [0.25, 0.3) is 0 Å². The minimum Gasteiger partial charge on any atom is -0.497 e. The van der Waals surface area contributed by atoms with Gasteiger partial charge in [-0.2, -0.15) is 0 Å². The van der Waals surface area contributed by atoms with E-state index >= 15 is 0 Å². The summed E-state index contributed by atoms with van der Waals surface area (Å²) >= 11 is 0. The molecule has 1 fully saturated rings. The van der Waals surface area contributed by atoms with E-state index in [0.717, 1.165) is 31.4 Å². The molecule has 1 aromatic carbocycles. The van der Waals surface area contributed by atoms with Crippen molar-refractivity contribution < 1.29 is 9.84 Å². The highest BCUT2D eigenvalue weighted by Gasteiger charge is 2.45. The number of hydrogen-bond acceptors (Lipinski definition) is 2. The molecular weight excluding hydrogens is 224 g/mol. The van der Waals surface area contributed by atoms with Gasteiger partial charge in [0.15, 0.2) is 0 Å². The maximum Gasteiger partial charge on any atom is 0.119 e. The summed E-state index contributed by atoms with van der Waals surface area (Å²) in [5, 5.41) is 10.3. The SMILES string of the molecule is COc1ccc2c(c1)CC[C@@H]1[C@H](O)CCC[C@@]21C. The van der Waals surface area contributed by atoms with Crippen LogP contribution in [0.3, 0.4) is 0 Å². The summed E-state index contributed by atoms with van der Waals surface area (Å²) < 4.78 is 5.32. The summed E-state index contributed by atoms with van der Waals surface area (Å²) in [6, 6.07) is 6.46. The highest BCUT2D eigenvalue weighted by atomic mass is 16.5. The number of hydrogen-bond donors (Lipinski definition) is 1. The van der Waals surface area contributed by atoms with Gasteiger partial charge in [0.05, 0.1) is 13.2 Å². The molecule has 18 heavy (non-hydrogen) atoms. The highest BCUT2D eigenvalue weighted by Crippen LogP contribution is 2.50. The topological polar surface area (TPSA) is 29.5 Å². The van der Waals surface area contributed by atoms with Crippen molar-refractivity contribution in [2.75, 3.05) is 7.11 Å². The van der Waals surface area contributed by atoms with Crippen LogP contribution < -0.4 is 4.74 Å². The van der Waals surface area contributed by atoms with Crippen LogP contribution in [0.4, 0.5) is 0 Å². The van der Waals surface area contributed by atoms with Gasteiger partial charge in [-0.15, -0.1) is 0 Å². The minimum absolute atomic E-state index is 0.112. The van der Waals surface area contributed by atoms with Gasteiger partial charge in [0.2, 0.25) is 0 Å². The number of ether oxygens (including phenoxy) is 1. The maximum absolute atomic E-state index is 10.3. The second-order valence-corrected chi connectivity index (χ2v) is 6.05. The van der Waals surface area contributed by atoms with Crippen molar-refractivity contribution in [3.63, 3.8) is 0 Å². The molecule has 1 saturated carbocycles. The lowest BCUT2D eigenvalue weighted by molar-refractivity contribution is 0.0102. The first-order chi connectivity index (χ1) is 8.65. The minimum atomic E-state index is -0.112. The molecule has 3 rings (SSSR count). The standard InChI is InChI=1S/C16H22O2/c1-16-9-3-4-15(17)14(16)7-5-11-10-12(18-2)6-8-13(11)16/h6,8,10,14-15,17H,3-5,7,9H2,1-2H3/t14-,15-,16+/m1/s1. The molecule has 1 aromatic rings. The van der Waals surface area contributed by atoms with E-state index in [0.29, 0.717) is 5.92 Å². The molecular formula is C16H22O2. The van der Waals surface area contributed by atoms with Crippen LogP contribution in [0.1, 0.15) is 43.7 Å². The predicted octanol–water partition coefficient (Wildman–Crippen LogP) is 3.06. The number of methoxy groups -OCH3 is 1. The zero-order valence-corrected chi connectivity index (χ0v) is 11.3. The Hall–Kier alpha value is -1.02. The molecule has 0 saturated heterocycles. The van der Waals surface area contributed by atoms with Gasteiger partial charge in [-0.05, 0) is 66.7 Å². The molecule has 2 heteroatoms. The second kappa shape index (κ2) is 4.27. The molecule has 0 heterocycles. The van der Waals surface area contributed by atoms with E-state index in [4.69, 9.17) is 4.74 Å². The average Bonchev–Trinajstić information content (AvgIpc) is 2.38. The lowest BCUT2D eigenvalue weighted by Crippen LogP contribution is -2.46. The summed E-state index contributed by atoms with van der Waals surface area (Å²) in [7, 11) is 1.72. The van der Waals surface area contributed by atoms with E-state index < -0.39 is 0 Å². The molecule has 2 nitrogen and oxygen atoms in total. The molecule has 0 unspecified atom stereocenters. The molecule has 0 radical (unpaired) electrons. The van der Waals surface area contributed by atoms with Crippen LogP contribution >= 0.6 is 0 Å². The first-order valence-electron chi connectivity index (χ1n) is 7.00. The lowest BCUT2D eigenvalue weighted by Gasteiger charge is -2.48. The first kappa shape index (κ1) is 12.0. The molecule has 2 aliphatic rings. The molecule has 2 aliphatic carbocycles. The Bertz CT molecular complexity index is 454. The molecule has 0 amide bonds. The molecule has 0 aromatic heterocycles. The van der Waals surface area contributed by atoms with Crippen LogP contribution in [-0.2, 0) is 11.8 Å². The van der Waals surface area contributed by atoms with Crippen molar-refractivity contribution in [1.29, 1.82) is 0 Å². The maximum atomic E-state index is 10.3. The van der Waals surface area contributed by atoms with Gasteiger partial charge in [0, 0.05) is 0 Å². The van der Waals surface area contributed by atoms with Crippen LogP contribution in [0, 0.1) is 5.92 Å². The van der Waals surface area contributed by atoms with Gasteiger partial charge >= 0.3 is 0 Å². The van der Waals surface area contributed by atoms with Crippen molar-refractivity contribution in [3.8, 4) is 5.75 Å². The zero-order valence-electron chi connectivity index (χ0n) is 11.3. The van der Waals surface area contributed by atoms with Gasteiger partial charge < -0.3 is 9.84 Å². The Labute approximate surface area is 109 Å². The van der Waals surface area contributed by atoms with Gasteiger partial charge in [-0.3, -0.25) is 0 Å². The molecule has 0 spiro atoms. The van der Waals surface area contributed by atoms with Crippen LogP contribution in [0.5, 0.6) is 5.75 Å². The summed E-state index contributed by atoms with van der Waals surface area (Å²) in [4.78, 5) is 0. The van der Waals surface area contributed by atoms with Crippen molar-refractivity contribution in [3.05, 3.63) is 29.3 Å². The fraction of sp³-hybridized carbons (Fsp3) is 0.625. The third-order valence-electron chi connectivity index (χ3n) is 5.13. The number of aryl methyl sites for hydroxylation is 1. The quantitative estimate of drug-likeness (QED) is 0.825. The van der Waals surface area contributed by atoms with Crippen molar-refractivity contribution in [1.82, 2.24) is 0 Å². The third kappa shape index (κ3) is 1.66. The smallest absolute Gasteiger partial charge is 0.119 e. The summed E-state index contributed by atoms with van der Waals surface area (Å²) in [5.41, 5.74) is 3.03. The Balaban J connectivity index is 2.05. The number of fused-ring (bicyclic) bond motifs is 3. The van der Waals surface area contributed by atoms with E-state index in [1.807, 2.05) is 0 Å². The molecule has 0 bridgehead atoms. The largest absolute Gasteiger partial charge is 0.497 e. The second-order valence-electron chi connectivity index (χ2n) is 6.05. The summed E-state index contributed by atoms with van der Waals surface area (Å²) in [5.74, 6) is 1.39. The highest BCUT2D eigenvalue weighted by molar-refractivity contribution is 5.43. The number of aliphatic hydroxyl groups excluding tert-OH is 1. The lowest BCUT2D eigenvalue weighted by atomic mass is 9.57. The van der Waals surface area contributed by atoms with Crippen LogP contribution in [-0.4, -0.2) is 18.3 Å². The summed E-state index contributed by atoms with van der Waals surface area (Å²) in [6.07, 6.45) is 5.39. The number of rotatable bonds is 1. The molecule has 98 valence electrons. The summed E-state index contributed by atoms with van der Waals surface area (Å²) in [6.45, 7) is 2.34. The first-order valence-corrected chi connectivity index (χ1v) is 7.00. The normalized spacial score (nSPS) is 34.6. The fourth-order valence-corrected chi connectivity index (χ4v) is 4.11. The van der Waals surface area contributed by atoms with Gasteiger partial charge in [0.25, 0.3) is 0 Å². The monoisotopic (exact) mass is 246 g/mol. The number of benzene rings is 1. The van der Waals surface area contributed by atoms with Gasteiger partial charge in [0.1, 0.15) is 5.75 Å². The van der Waals surface area contributed by atoms with E-state index in [1.54, 1.807) is 7.11 Å². The molecule has 0 aliphatic heterocycles. The van der Waals surface area contributed by atoms with Gasteiger partial charge in [-0.1, -0.05) is 13.0 Å². The van der Waals surface area contributed by atoms with Crippen LogP contribution in [0.2, 0.25) is 0 Å². The third-order valence-corrected chi connectivity index (χ3v) is 5.13. The van der Waals surface area contributed by atoms with E-state index in [9.17, 15) is 5.11 Å². The average molecular weight is 246 g/mol. The van der Waals surface area contributed by atoms with Crippen molar-refractivity contribution >= 4 is 0 Å². The van der Waals surface area contributed by atoms with E-state index in [1.165, 1.54) is 17.5 Å². The fourth-order valence-electron chi connectivity index (χ4n) is 4.11. The zero-order chi connectivity index (χ0) is 12.8. The van der Waals surface area contributed by atoms with Crippen molar-refractivity contribution in [2.45, 2.75) is 50.5 Å². The van der Waals surface area contributed by atoms with Crippen molar-refractivity contribution in [2.24, 2.45) is 5.92 Å².